The fraction of sp³-hybridized carbons (Fsp3) is 0.558. The van der Waals surface area contributed by atoms with E-state index in [1.54, 1.807) is 6.07 Å². The molecule has 2 N–H and O–H groups in total. The van der Waals surface area contributed by atoms with Gasteiger partial charge >= 0.3 is 0 Å². The van der Waals surface area contributed by atoms with E-state index >= 15 is 0 Å². The Bertz CT molecular complexity index is 2010. The number of β-amino-alcohol motifs (C(OH)–C–C–N with tert-alkyl or cyclic N) is 1. The van der Waals surface area contributed by atoms with Crippen LogP contribution in [-0.2, 0) is 34.5 Å². The van der Waals surface area contributed by atoms with Gasteiger partial charge in [-0.15, -0.1) is 0 Å². The Labute approximate surface area is 320 Å². The molecule has 5 aliphatic rings. The van der Waals surface area contributed by atoms with Crippen LogP contribution in [-0.4, -0.2) is 74.6 Å². The molecule has 0 radical (unpaired) electrons. The average Bonchev–Trinajstić information content (AvgIpc) is 3.25. The second-order valence-corrected chi connectivity index (χ2v) is 20.0. The number of pyridine rings is 1. The van der Waals surface area contributed by atoms with E-state index in [1.165, 1.54) is 22.3 Å². The van der Waals surface area contributed by atoms with Crippen LogP contribution in [0.25, 0.3) is 0 Å². The third-order valence-electron chi connectivity index (χ3n) is 13.6. The van der Waals surface area contributed by atoms with Crippen LogP contribution in [0.1, 0.15) is 97.1 Å². The molecule has 1 spiro atoms. The largest absolute Gasteiger partial charge is 0.490 e. The molecule has 4 heterocycles. The Kier molecular flexibility index (Phi) is 9.87. The van der Waals surface area contributed by atoms with E-state index in [-0.39, 0.29) is 34.3 Å². The van der Waals surface area contributed by atoms with Crippen LogP contribution >= 0.6 is 11.6 Å². The lowest BCUT2D eigenvalue weighted by molar-refractivity contribution is -0.107. The highest BCUT2D eigenvalue weighted by atomic mass is 35.5. The number of ether oxygens (including phenoxy) is 1. The SMILES string of the molecule is C=S1(=O)NC(=O)c2ccc3c(c2)N(C[C@@H]2CC[C@H]2[C@](O)(CN2CCc4cnc(C)cc4C2)CCC[C@H](C)[C@H]1C)C[C@@]1(CCCc2cc(Cl)ccc21)CO3. The number of hydrogen-bond acceptors (Lipinski definition) is 7. The van der Waals surface area contributed by atoms with E-state index in [0.29, 0.717) is 25.1 Å². The molecule has 7 atom stereocenters. The van der Waals surface area contributed by atoms with Gasteiger partial charge in [-0.2, -0.15) is 0 Å². The molecule has 1 unspecified atom stereocenters. The quantitative estimate of drug-likeness (QED) is 0.275. The first kappa shape index (κ1) is 36.8. The first-order chi connectivity index (χ1) is 25.3. The topological polar surface area (TPSA) is 95.0 Å². The second kappa shape index (κ2) is 14.2. The van der Waals surface area contributed by atoms with Crippen LogP contribution < -0.4 is 14.4 Å². The number of amides is 1. The minimum Gasteiger partial charge on any atom is -0.490 e. The van der Waals surface area contributed by atoms with Crippen molar-refractivity contribution in [2.24, 2.45) is 17.8 Å². The van der Waals surface area contributed by atoms with E-state index in [9.17, 15) is 14.1 Å². The van der Waals surface area contributed by atoms with Crippen molar-refractivity contribution in [1.29, 1.82) is 0 Å². The number of aliphatic hydroxyl groups is 1. The van der Waals surface area contributed by atoms with Gasteiger partial charge in [0.25, 0.3) is 5.91 Å². The van der Waals surface area contributed by atoms with Crippen LogP contribution in [0.3, 0.4) is 0 Å². The van der Waals surface area contributed by atoms with Crippen LogP contribution in [0.15, 0.2) is 48.7 Å². The van der Waals surface area contributed by atoms with Gasteiger partial charge in [-0.05, 0) is 147 Å². The van der Waals surface area contributed by atoms with Crippen LogP contribution in [0, 0.1) is 24.7 Å². The summed E-state index contributed by atoms with van der Waals surface area (Å²) in [4.78, 5) is 23.2. The molecule has 2 bridgehead atoms. The number of aryl methyl sites for hydroxylation is 2. The molecule has 1 amide bonds. The summed E-state index contributed by atoms with van der Waals surface area (Å²) in [5, 5.41) is 13.4. The third-order valence-corrected chi connectivity index (χ3v) is 16.0. The lowest BCUT2D eigenvalue weighted by atomic mass is 9.62. The van der Waals surface area contributed by atoms with Gasteiger partial charge < -0.3 is 14.7 Å². The molecule has 2 aliphatic carbocycles. The first-order valence-corrected chi connectivity index (χ1v) is 21.9. The molecule has 3 aliphatic heterocycles. The molecule has 1 fully saturated rings. The van der Waals surface area contributed by atoms with Crippen molar-refractivity contribution in [1.82, 2.24) is 14.6 Å². The molecule has 284 valence electrons. The number of carbonyl (C=O) groups excluding carboxylic acids is 1. The Morgan fingerprint density at radius 3 is 2.72 bits per heavy atom. The summed E-state index contributed by atoms with van der Waals surface area (Å²) in [6.07, 6.45) is 10.3. The molecule has 3 aromatic rings. The first-order valence-electron chi connectivity index (χ1n) is 19.7. The zero-order chi connectivity index (χ0) is 37.1. The zero-order valence-corrected chi connectivity index (χ0v) is 33.1. The summed E-state index contributed by atoms with van der Waals surface area (Å²) in [5.74, 6) is 4.90. The number of nitrogens with zero attached hydrogens (tertiary/aromatic N) is 3. The van der Waals surface area contributed by atoms with E-state index in [2.05, 4.69) is 50.5 Å². The van der Waals surface area contributed by atoms with Gasteiger partial charge in [-0.25, -0.2) is 4.21 Å². The Morgan fingerprint density at radius 2 is 1.91 bits per heavy atom. The molecule has 10 heteroatoms. The lowest BCUT2D eigenvalue weighted by Gasteiger charge is -2.51. The maximum atomic E-state index is 14.0. The predicted octanol–water partition coefficient (Wildman–Crippen LogP) is 6.90. The number of nitrogens with one attached hydrogen (secondary N) is 1. The summed E-state index contributed by atoms with van der Waals surface area (Å²) in [6, 6.07) is 14.1. The number of anilines is 1. The normalized spacial score (nSPS) is 33.4. The summed E-state index contributed by atoms with van der Waals surface area (Å²) in [5.41, 5.74) is 6.44. The molecule has 1 saturated carbocycles. The Balaban J connectivity index is 1.17. The van der Waals surface area contributed by atoms with E-state index in [0.717, 1.165) is 99.7 Å². The summed E-state index contributed by atoms with van der Waals surface area (Å²) in [6.45, 7) is 10.4. The minimum atomic E-state index is -2.96. The molecule has 1 aromatic heterocycles. The fourth-order valence-corrected chi connectivity index (χ4v) is 11.9. The fourth-order valence-electron chi connectivity index (χ4n) is 10.2. The number of rotatable bonds is 2. The van der Waals surface area contributed by atoms with E-state index < -0.39 is 15.3 Å². The van der Waals surface area contributed by atoms with Crippen LogP contribution in [0.4, 0.5) is 5.69 Å². The standard InChI is InChI=1S/C43H55ClN4O4S/c1-28-7-5-17-43(50,26-47-18-15-33-22-45-29(2)19-35(33)23-47)38-12-9-34(38)24-48-25-42(16-6-8-31-20-36(44)11-13-37(31)42)27-52-40-14-10-32(21-39(40)48)41(49)46-53(4,51)30(28)3/h10-11,13-14,19-22,28,30,34,38,50H,4-9,12,15-18,23-27H2,1-3H3,(H,46,49,51)/t28-,30+,34-,38+,42-,43+,53?/m0/s1. The van der Waals surface area contributed by atoms with Gasteiger partial charge in [0.15, 0.2) is 0 Å². The van der Waals surface area contributed by atoms with Gasteiger partial charge in [0.05, 0.1) is 27.6 Å². The van der Waals surface area contributed by atoms with Crippen molar-refractivity contribution < 1.29 is 18.8 Å². The molecule has 8 rings (SSSR count). The van der Waals surface area contributed by atoms with Gasteiger partial charge in [0.1, 0.15) is 5.75 Å². The van der Waals surface area contributed by atoms with E-state index in [4.69, 9.17) is 16.3 Å². The minimum absolute atomic E-state index is 0.0485. The molecular formula is C43H55ClN4O4S. The van der Waals surface area contributed by atoms with Crippen molar-refractivity contribution >= 4 is 38.8 Å². The molecular weight excluding hydrogens is 704 g/mol. The van der Waals surface area contributed by atoms with Crippen LogP contribution in [0.2, 0.25) is 5.02 Å². The predicted molar refractivity (Wildman–Crippen MR) is 215 cm³/mol. The molecule has 2 aromatic carbocycles. The lowest BCUT2D eigenvalue weighted by Crippen LogP contribution is -2.57. The molecule has 0 saturated heterocycles. The summed E-state index contributed by atoms with van der Waals surface area (Å²) in [7, 11) is -2.96. The van der Waals surface area contributed by atoms with Crippen molar-refractivity contribution in [3.63, 3.8) is 0 Å². The Morgan fingerprint density at radius 1 is 1.06 bits per heavy atom. The highest BCUT2D eigenvalue weighted by molar-refractivity contribution is 7.99. The van der Waals surface area contributed by atoms with Crippen LogP contribution in [0.5, 0.6) is 5.75 Å². The van der Waals surface area contributed by atoms with Gasteiger partial charge in [-0.1, -0.05) is 31.0 Å². The smallest absolute Gasteiger partial charge is 0.262 e. The molecule has 8 nitrogen and oxygen atoms in total. The molecule has 53 heavy (non-hydrogen) atoms. The number of aromatic nitrogens is 1. The second-order valence-electron chi connectivity index (χ2n) is 17.1. The number of fused-ring (bicyclic) bond motifs is 5. The van der Waals surface area contributed by atoms with E-state index in [1.807, 2.05) is 38.2 Å². The number of halogens is 1. The van der Waals surface area contributed by atoms with Crippen molar-refractivity contribution in [3.8, 4) is 5.75 Å². The van der Waals surface area contributed by atoms with Crippen molar-refractivity contribution in [2.75, 3.05) is 37.7 Å². The number of hydrogen-bond donors (Lipinski definition) is 2. The van der Waals surface area contributed by atoms with Crippen molar-refractivity contribution in [2.45, 2.75) is 101 Å². The zero-order valence-electron chi connectivity index (χ0n) is 31.5. The highest BCUT2D eigenvalue weighted by Crippen LogP contribution is 2.49. The third kappa shape index (κ3) is 7.12. The average molecular weight is 759 g/mol. The number of benzene rings is 2. The number of carbonyl (C=O) groups is 1. The summed E-state index contributed by atoms with van der Waals surface area (Å²) >= 11 is 6.51. The summed E-state index contributed by atoms with van der Waals surface area (Å²) < 4.78 is 23.6. The van der Waals surface area contributed by atoms with Gasteiger partial charge in [-0.3, -0.25) is 19.4 Å². The Hall–Kier alpha value is -3.11. The van der Waals surface area contributed by atoms with Crippen molar-refractivity contribution in [3.05, 3.63) is 87.2 Å². The maximum Gasteiger partial charge on any atom is 0.262 e. The monoisotopic (exact) mass is 758 g/mol. The highest BCUT2D eigenvalue weighted by Gasteiger charge is 2.49. The van der Waals surface area contributed by atoms with Gasteiger partial charge in [0, 0.05) is 65.9 Å². The van der Waals surface area contributed by atoms with Gasteiger partial charge in [0.2, 0.25) is 0 Å². The maximum absolute atomic E-state index is 14.0.